The van der Waals surface area contributed by atoms with Crippen molar-refractivity contribution >= 4 is 23.4 Å². The van der Waals surface area contributed by atoms with Crippen LogP contribution >= 0.6 is 0 Å². The zero-order chi connectivity index (χ0) is 20.6. The van der Waals surface area contributed by atoms with Crippen LogP contribution in [0.2, 0.25) is 0 Å². The van der Waals surface area contributed by atoms with Gasteiger partial charge in [-0.25, -0.2) is 0 Å². The Morgan fingerprint density at radius 1 is 1.00 bits per heavy atom. The molecule has 1 saturated heterocycles. The van der Waals surface area contributed by atoms with Crippen LogP contribution in [-0.2, 0) is 4.79 Å². The van der Waals surface area contributed by atoms with Gasteiger partial charge in [0.05, 0.1) is 5.92 Å². The van der Waals surface area contributed by atoms with Gasteiger partial charge in [0.15, 0.2) is 0 Å². The summed E-state index contributed by atoms with van der Waals surface area (Å²) >= 11 is 0. The number of hydrogen-bond donors (Lipinski definition) is 3. The Kier molecular flexibility index (Phi) is 6.97. The Bertz CT molecular complexity index is 852. The molecule has 4 N–H and O–H groups in total. The van der Waals surface area contributed by atoms with E-state index >= 15 is 0 Å². The third kappa shape index (κ3) is 5.42. The van der Waals surface area contributed by atoms with E-state index in [1.54, 1.807) is 53.4 Å². The SMILES string of the molecule is NCCNC(=O)C1CCCN(C(=O)c2ccc(NC(=O)c3ccccc3)cc2)C1. The first-order valence-electron chi connectivity index (χ1n) is 9.82. The van der Waals surface area contributed by atoms with Gasteiger partial charge in [-0.1, -0.05) is 18.2 Å². The van der Waals surface area contributed by atoms with E-state index in [2.05, 4.69) is 10.6 Å². The van der Waals surface area contributed by atoms with Crippen molar-refractivity contribution in [2.75, 3.05) is 31.5 Å². The fourth-order valence-corrected chi connectivity index (χ4v) is 3.39. The van der Waals surface area contributed by atoms with Crippen LogP contribution in [0, 0.1) is 5.92 Å². The van der Waals surface area contributed by atoms with Gasteiger partial charge < -0.3 is 21.3 Å². The Balaban J connectivity index is 1.59. The van der Waals surface area contributed by atoms with Crippen molar-refractivity contribution in [1.82, 2.24) is 10.2 Å². The molecule has 1 fully saturated rings. The number of hydrogen-bond acceptors (Lipinski definition) is 4. The molecule has 7 heteroatoms. The van der Waals surface area contributed by atoms with Gasteiger partial charge in [-0.3, -0.25) is 14.4 Å². The van der Waals surface area contributed by atoms with E-state index in [4.69, 9.17) is 5.73 Å². The standard InChI is InChI=1S/C22H26N4O3/c23-12-13-24-20(27)18-7-4-14-26(15-18)22(29)17-8-10-19(11-9-17)25-21(28)16-5-2-1-3-6-16/h1-3,5-6,8-11,18H,4,7,12-15,23H2,(H,24,27)(H,25,28). The lowest BCUT2D eigenvalue weighted by molar-refractivity contribution is -0.126. The summed E-state index contributed by atoms with van der Waals surface area (Å²) in [6.45, 7) is 1.88. The summed E-state index contributed by atoms with van der Waals surface area (Å²) in [5.41, 5.74) is 7.15. The lowest BCUT2D eigenvalue weighted by Gasteiger charge is -2.32. The highest BCUT2D eigenvalue weighted by Gasteiger charge is 2.28. The Morgan fingerprint density at radius 2 is 1.72 bits per heavy atom. The van der Waals surface area contributed by atoms with Crippen molar-refractivity contribution < 1.29 is 14.4 Å². The molecule has 1 heterocycles. The van der Waals surface area contributed by atoms with Crippen molar-refractivity contribution in [3.8, 4) is 0 Å². The Morgan fingerprint density at radius 3 is 2.41 bits per heavy atom. The topological polar surface area (TPSA) is 105 Å². The first-order valence-corrected chi connectivity index (χ1v) is 9.82. The van der Waals surface area contributed by atoms with Crippen molar-refractivity contribution in [2.24, 2.45) is 11.7 Å². The van der Waals surface area contributed by atoms with E-state index in [0.717, 1.165) is 12.8 Å². The predicted octanol–water partition coefficient (Wildman–Crippen LogP) is 1.87. The summed E-state index contributed by atoms with van der Waals surface area (Å²) in [6, 6.07) is 15.8. The normalized spacial score (nSPS) is 16.2. The van der Waals surface area contributed by atoms with Crippen molar-refractivity contribution in [1.29, 1.82) is 0 Å². The van der Waals surface area contributed by atoms with E-state index in [1.165, 1.54) is 0 Å². The van der Waals surface area contributed by atoms with Gasteiger partial charge >= 0.3 is 0 Å². The maximum absolute atomic E-state index is 12.8. The zero-order valence-corrected chi connectivity index (χ0v) is 16.3. The molecule has 7 nitrogen and oxygen atoms in total. The summed E-state index contributed by atoms with van der Waals surface area (Å²) in [5, 5.41) is 5.62. The first kappa shape index (κ1) is 20.5. The lowest BCUT2D eigenvalue weighted by Crippen LogP contribution is -2.46. The molecule has 0 saturated carbocycles. The van der Waals surface area contributed by atoms with Crippen LogP contribution < -0.4 is 16.4 Å². The van der Waals surface area contributed by atoms with Crippen LogP contribution in [-0.4, -0.2) is 48.8 Å². The average molecular weight is 394 g/mol. The highest BCUT2D eigenvalue weighted by Crippen LogP contribution is 2.20. The molecule has 152 valence electrons. The second-order valence-electron chi connectivity index (χ2n) is 7.07. The average Bonchev–Trinajstić information content (AvgIpc) is 2.78. The number of amides is 3. The van der Waals surface area contributed by atoms with Gasteiger partial charge in [0.25, 0.3) is 11.8 Å². The highest BCUT2D eigenvalue weighted by atomic mass is 16.2. The molecule has 2 aromatic rings. The maximum atomic E-state index is 12.8. The summed E-state index contributed by atoms with van der Waals surface area (Å²) in [5.74, 6) is -0.565. The van der Waals surface area contributed by atoms with Crippen LogP contribution in [0.15, 0.2) is 54.6 Å². The van der Waals surface area contributed by atoms with Gasteiger partial charge in [0.2, 0.25) is 5.91 Å². The van der Waals surface area contributed by atoms with Gasteiger partial charge in [-0.2, -0.15) is 0 Å². The van der Waals surface area contributed by atoms with Crippen molar-refractivity contribution in [3.05, 3.63) is 65.7 Å². The molecular weight excluding hydrogens is 368 g/mol. The first-order chi connectivity index (χ1) is 14.1. The molecule has 0 bridgehead atoms. The maximum Gasteiger partial charge on any atom is 0.255 e. The monoisotopic (exact) mass is 394 g/mol. The molecule has 1 atom stereocenters. The number of carbonyl (C=O) groups is 3. The molecule has 2 aromatic carbocycles. The molecule has 0 spiro atoms. The summed E-state index contributed by atoms with van der Waals surface area (Å²) in [6.07, 6.45) is 1.56. The van der Waals surface area contributed by atoms with E-state index in [9.17, 15) is 14.4 Å². The Labute approximate surface area is 170 Å². The number of likely N-dealkylation sites (tertiary alicyclic amines) is 1. The number of benzene rings is 2. The number of nitrogens with two attached hydrogens (primary N) is 1. The van der Waals surface area contributed by atoms with Crippen molar-refractivity contribution in [3.63, 3.8) is 0 Å². The van der Waals surface area contributed by atoms with E-state index in [-0.39, 0.29) is 23.6 Å². The van der Waals surface area contributed by atoms with Crippen LogP contribution in [0.4, 0.5) is 5.69 Å². The van der Waals surface area contributed by atoms with Gasteiger partial charge in [0.1, 0.15) is 0 Å². The molecule has 1 aliphatic rings. The quantitative estimate of drug-likeness (QED) is 0.696. The number of nitrogens with zero attached hydrogens (tertiary/aromatic N) is 1. The second-order valence-corrected chi connectivity index (χ2v) is 7.07. The van der Waals surface area contributed by atoms with Crippen LogP contribution in [0.25, 0.3) is 0 Å². The van der Waals surface area contributed by atoms with Crippen LogP contribution in [0.5, 0.6) is 0 Å². The smallest absolute Gasteiger partial charge is 0.255 e. The third-order valence-electron chi connectivity index (χ3n) is 4.95. The van der Waals surface area contributed by atoms with E-state index < -0.39 is 0 Å². The molecule has 29 heavy (non-hydrogen) atoms. The summed E-state index contributed by atoms with van der Waals surface area (Å²) in [7, 11) is 0. The lowest BCUT2D eigenvalue weighted by atomic mass is 9.96. The molecule has 3 rings (SSSR count). The summed E-state index contributed by atoms with van der Waals surface area (Å²) < 4.78 is 0. The van der Waals surface area contributed by atoms with E-state index in [1.807, 2.05) is 6.07 Å². The number of rotatable bonds is 6. The highest BCUT2D eigenvalue weighted by molar-refractivity contribution is 6.04. The minimum atomic E-state index is -0.205. The number of piperidine rings is 1. The number of nitrogens with one attached hydrogen (secondary N) is 2. The third-order valence-corrected chi connectivity index (χ3v) is 4.95. The molecule has 1 aliphatic heterocycles. The van der Waals surface area contributed by atoms with Gasteiger partial charge in [0, 0.05) is 43.0 Å². The molecule has 1 unspecified atom stereocenters. The van der Waals surface area contributed by atoms with Crippen LogP contribution in [0.3, 0.4) is 0 Å². The van der Waals surface area contributed by atoms with Crippen LogP contribution in [0.1, 0.15) is 33.6 Å². The fourth-order valence-electron chi connectivity index (χ4n) is 3.39. The largest absolute Gasteiger partial charge is 0.355 e. The second kappa shape index (κ2) is 9.84. The Hall–Kier alpha value is -3.19. The number of carbonyl (C=O) groups excluding carboxylic acids is 3. The fraction of sp³-hybridized carbons (Fsp3) is 0.318. The number of anilines is 1. The summed E-state index contributed by atoms with van der Waals surface area (Å²) in [4.78, 5) is 38.9. The van der Waals surface area contributed by atoms with Gasteiger partial charge in [-0.15, -0.1) is 0 Å². The minimum Gasteiger partial charge on any atom is -0.355 e. The molecule has 3 amide bonds. The van der Waals surface area contributed by atoms with Crippen molar-refractivity contribution in [2.45, 2.75) is 12.8 Å². The minimum absolute atomic E-state index is 0.0491. The van der Waals surface area contributed by atoms with Gasteiger partial charge in [-0.05, 0) is 49.2 Å². The molecule has 0 aromatic heterocycles. The molecular formula is C22H26N4O3. The molecule has 0 aliphatic carbocycles. The van der Waals surface area contributed by atoms with E-state index in [0.29, 0.717) is 43.0 Å². The zero-order valence-electron chi connectivity index (χ0n) is 16.3. The predicted molar refractivity (Wildman–Crippen MR) is 112 cm³/mol. The molecule has 0 radical (unpaired) electrons.